The van der Waals surface area contributed by atoms with Crippen LogP contribution in [-0.4, -0.2) is 88.2 Å². The van der Waals surface area contributed by atoms with E-state index in [1.54, 1.807) is 12.1 Å². The van der Waals surface area contributed by atoms with Gasteiger partial charge in [0.25, 0.3) is 0 Å². The van der Waals surface area contributed by atoms with Crippen LogP contribution < -0.4 is 10.1 Å². The predicted molar refractivity (Wildman–Crippen MR) is 150 cm³/mol. The highest BCUT2D eigenvalue weighted by molar-refractivity contribution is 7.89. The zero-order chi connectivity index (χ0) is 29.4. The van der Waals surface area contributed by atoms with E-state index in [1.165, 1.54) is 23.5 Å². The largest absolute Gasteiger partial charge is 0.497 e. The molecule has 0 radical (unpaired) electrons. The second kappa shape index (κ2) is 14.4. The summed E-state index contributed by atoms with van der Waals surface area (Å²) in [6, 6.07) is 14.7. The van der Waals surface area contributed by atoms with Crippen LogP contribution in [-0.2, 0) is 35.4 Å². The van der Waals surface area contributed by atoms with Gasteiger partial charge in [0.2, 0.25) is 10.0 Å². The Morgan fingerprint density at radius 2 is 1.66 bits per heavy atom. The molecule has 4 rings (SSSR count). The van der Waals surface area contributed by atoms with Gasteiger partial charge in [-0.25, -0.2) is 13.2 Å². The van der Waals surface area contributed by atoms with E-state index in [0.29, 0.717) is 18.6 Å². The van der Waals surface area contributed by atoms with Crippen LogP contribution in [0.1, 0.15) is 32.3 Å². The highest BCUT2D eigenvalue weighted by Crippen LogP contribution is 2.29. The number of carbonyl (C=O) groups excluding carboxylic acids is 1. The molecule has 0 bridgehead atoms. The van der Waals surface area contributed by atoms with Crippen LogP contribution in [0.3, 0.4) is 0 Å². The molecule has 1 heterocycles. The lowest BCUT2D eigenvalue weighted by Crippen LogP contribution is -2.51. The van der Waals surface area contributed by atoms with Crippen molar-refractivity contribution in [2.45, 2.75) is 68.5 Å². The zero-order valence-corrected chi connectivity index (χ0v) is 24.5. The van der Waals surface area contributed by atoms with Gasteiger partial charge in [0, 0.05) is 25.9 Å². The molecule has 4 atom stereocenters. The lowest BCUT2D eigenvalue weighted by molar-refractivity contribution is -0.0963. The van der Waals surface area contributed by atoms with Crippen LogP contribution in [0.15, 0.2) is 59.5 Å². The van der Waals surface area contributed by atoms with Gasteiger partial charge in [-0.2, -0.15) is 4.31 Å². The van der Waals surface area contributed by atoms with Crippen LogP contribution in [0, 0.1) is 5.92 Å². The molecule has 2 fully saturated rings. The van der Waals surface area contributed by atoms with Gasteiger partial charge >= 0.3 is 6.09 Å². The molecular weight excluding hydrogens is 552 g/mol. The molecule has 1 amide bonds. The number of fused-ring (bicyclic) bond motifs is 1. The van der Waals surface area contributed by atoms with Gasteiger partial charge in [0.1, 0.15) is 25.4 Å². The molecule has 1 saturated carbocycles. The first-order valence-corrected chi connectivity index (χ1v) is 15.2. The fraction of sp³-hybridized carbons (Fsp3) is 0.552. The van der Waals surface area contributed by atoms with E-state index in [9.17, 15) is 18.3 Å². The predicted octanol–water partition coefficient (Wildman–Crippen LogP) is 2.92. The highest BCUT2D eigenvalue weighted by atomic mass is 32.2. The number of aliphatic hydroxyl groups is 1. The van der Waals surface area contributed by atoms with Crippen molar-refractivity contribution in [1.82, 2.24) is 9.62 Å². The Balaban J connectivity index is 1.48. The molecular formula is C29H40N2O9S. The first kappa shape index (κ1) is 31.2. The lowest BCUT2D eigenvalue weighted by Gasteiger charge is -2.31. The number of hydrogen-bond acceptors (Lipinski definition) is 9. The lowest BCUT2D eigenvalue weighted by atomic mass is 10.0. The van der Waals surface area contributed by atoms with Gasteiger partial charge in [-0.3, -0.25) is 0 Å². The molecule has 2 N–H and O–H groups in total. The average molecular weight is 593 g/mol. The minimum Gasteiger partial charge on any atom is -0.497 e. The Morgan fingerprint density at radius 1 is 1.02 bits per heavy atom. The molecule has 2 aliphatic rings. The van der Waals surface area contributed by atoms with Crippen molar-refractivity contribution in [3.8, 4) is 5.75 Å². The molecule has 0 aromatic heterocycles. The van der Waals surface area contributed by atoms with Gasteiger partial charge in [0.05, 0.1) is 36.4 Å². The van der Waals surface area contributed by atoms with Crippen molar-refractivity contribution in [2.75, 3.05) is 33.8 Å². The Hall–Kier alpha value is -2.74. The SMILES string of the molecule is COc1ccc(S(=O)(=O)N(CC(C)C)CC(O)C(Cc2ccccc2)NC(=O)OC2CC3OCOCOC3C2)cc1. The van der Waals surface area contributed by atoms with Crippen LogP contribution in [0.25, 0.3) is 0 Å². The van der Waals surface area contributed by atoms with Gasteiger partial charge in [-0.05, 0) is 42.2 Å². The summed E-state index contributed by atoms with van der Waals surface area (Å²) in [6.45, 7) is 4.01. The summed E-state index contributed by atoms with van der Waals surface area (Å²) in [6.07, 6.45) is -1.60. The third-order valence-corrected chi connectivity index (χ3v) is 8.98. The molecule has 1 aliphatic carbocycles. The Labute approximate surface area is 241 Å². The number of ether oxygens (including phenoxy) is 5. The number of nitrogens with one attached hydrogen (secondary N) is 1. The van der Waals surface area contributed by atoms with Crippen LogP contribution in [0.5, 0.6) is 5.75 Å². The van der Waals surface area contributed by atoms with Crippen molar-refractivity contribution in [2.24, 2.45) is 5.92 Å². The number of nitrogens with zero attached hydrogens (tertiary/aromatic N) is 1. The fourth-order valence-corrected chi connectivity index (χ4v) is 6.69. The van der Waals surface area contributed by atoms with Gasteiger partial charge < -0.3 is 34.1 Å². The molecule has 12 heteroatoms. The average Bonchev–Trinajstić information content (AvgIpc) is 3.19. The Morgan fingerprint density at radius 3 is 2.24 bits per heavy atom. The smallest absolute Gasteiger partial charge is 0.407 e. The van der Waals surface area contributed by atoms with E-state index in [1.807, 2.05) is 44.2 Å². The third kappa shape index (κ3) is 8.63. The third-order valence-electron chi connectivity index (χ3n) is 7.13. The molecule has 2 aromatic carbocycles. The number of methoxy groups -OCH3 is 1. The van der Waals surface area contributed by atoms with E-state index < -0.39 is 34.4 Å². The molecule has 11 nitrogen and oxygen atoms in total. The number of aliphatic hydroxyl groups excluding tert-OH is 1. The number of rotatable bonds is 12. The fourth-order valence-electron chi connectivity index (χ4n) is 5.07. The van der Waals surface area contributed by atoms with E-state index in [4.69, 9.17) is 23.7 Å². The summed E-state index contributed by atoms with van der Waals surface area (Å²) in [5.74, 6) is 0.527. The van der Waals surface area contributed by atoms with Crippen molar-refractivity contribution in [3.05, 3.63) is 60.2 Å². The summed E-state index contributed by atoms with van der Waals surface area (Å²) >= 11 is 0. The minimum atomic E-state index is -3.95. The maximum Gasteiger partial charge on any atom is 0.407 e. The topological polar surface area (TPSA) is 133 Å². The summed E-state index contributed by atoms with van der Waals surface area (Å²) in [5, 5.41) is 14.2. The van der Waals surface area contributed by atoms with Crippen molar-refractivity contribution in [3.63, 3.8) is 0 Å². The number of carbonyl (C=O) groups is 1. The van der Waals surface area contributed by atoms with Gasteiger partial charge in [-0.15, -0.1) is 0 Å². The molecule has 4 unspecified atom stereocenters. The first-order chi connectivity index (χ1) is 19.7. The van der Waals surface area contributed by atoms with Crippen LogP contribution >= 0.6 is 0 Å². The minimum absolute atomic E-state index is 0.00865. The van der Waals surface area contributed by atoms with Crippen LogP contribution in [0.4, 0.5) is 4.79 Å². The molecule has 226 valence electrons. The van der Waals surface area contributed by atoms with E-state index in [2.05, 4.69) is 5.32 Å². The summed E-state index contributed by atoms with van der Waals surface area (Å²) in [4.78, 5) is 13.1. The monoisotopic (exact) mass is 592 g/mol. The van der Waals surface area contributed by atoms with E-state index >= 15 is 0 Å². The molecule has 41 heavy (non-hydrogen) atoms. The van der Waals surface area contributed by atoms with Crippen molar-refractivity contribution >= 4 is 16.1 Å². The normalized spacial score (nSPS) is 22.5. The maximum atomic E-state index is 13.6. The molecule has 2 aromatic rings. The molecule has 1 aliphatic heterocycles. The number of benzene rings is 2. The maximum absolute atomic E-state index is 13.6. The summed E-state index contributed by atoms with van der Waals surface area (Å²) in [5.41, 5.74) is 0.871. The number of sulfonamides is 1. The standard InChI is InChI=1S/C29H40N2O9S/c1-20(2)16-31(41(34,35)24-11-9-22(36-3)10-12-24)17-26(32)25(13-21-7-5-4-6-8-21)30-29(33)40-23-14-27-28(15-23)39-19-37-18-38-27/h4-12,20,23,25-28,32H,13-19H2,1-3H3,(H,30,33). The summed E-state index contributed by atoms with van der Waals surface area (Å²) in [7, 11) is -2.44. The first-order valence-electron chi connectivity index (χ1n) is 13.8. The number of hydrogen-bond donors (Lipinski definition) is 2. The van der Waals surface area contributed by atoms with Crippen molar-refractivity contribution < 1.29 is 42.0 Å². The summed E-state index contributed by atoms with van der Waals surface area (Å²) < 4.78 is 55.7. The quantitative estimate of drug-likeness (QED) is 0.382. The number of amides is 1. The molecule has 1 saturated heterocycles. The van der Waals surface area contributed by atoms with E-state index in [-0.39, 0.29) is 56.1 Å². The molecule has 0 spiro atoms. The Bertz CT molecular complexity index is 1200. The van der Waals surface area contributed by atoms with E-state index in [0.717, 1.165) is 5.56 Å². The van der Waals surface area contributed by atoms with Crippen molar-refractivity contribution in [1.29, 1.82) is 0 Å². The highest BCUT2D eigenvalue weighted by Gasteiger charge is 2.40. The zero-order valence-electron chi connectivity index (χ0n) is 23.7. The van der Waals surface area contributed by atoms with Gasteiger partial charge in [-0.1, -0.05) is 44.2 Å². The Kier molecular flexibility index (Phi) is 11.0. The van der Waals surface area contributed by atoms with Gasteiger partial charge in [0.15, 0.2) is 0 Å². The van der Waals surface area contributed by atoms with Crippen LogP contribution in [0.2, 0.25) is 0 Å². The number of alkyl carbamates (subject to hydrolysis) is 1. The second-order valence-corrected chi connectivity index (χ2v) is 12.7. The second-order valence-electron chi connectivity index (χ2n) is 10.7.